The van der Waals surface area contributed by atoms with E-state index in [9.17, 15) is 23.7 Å². The van der Waals surface area contributed by atoms with Crippen LogP contribution in [0.1, 0.15) is 22.6 Å². The second-order valence-corrected chi connectivity index (χ2v) is 3.86. The molecule has 1 aromatic heterocycles. The zero-order valence-corrected chi connectivity index (χ0v) is 10.5. The predicted octanol–water partition coefficient (Wildman–Crippen LogP) is 2.32. The van der Waals surface area contributed by atoms with Gasteiger partial charge in [0.2, 0.25) is 0 Å². The molecule has 0 atom stereocenters. The fourth-order valence-electron chi connectivity index (χ4n) is 1.01. The van der Waals surface area contributed by atoms with Crippen LogP contribution in [0.2, 0.25) is 0 Å². The number of methoxy groups -OCH3 is 1. The van der Waals surface area contributed by atoms with Crippen molar-refractivity contribution in [2.24, 2.45) is 0 Å². The smallest absolute Gasteiger partial charge is 0.358 e. The van der Waals surface area contributed by atoms with Crippen LogP contribution in [0.25, 0.3) is 0 Å². The molecule has 9 heteroatoms. The first-order chi connectivity index (χ1) is 7.88. The average Bonchev–Trinajstić information content (AvgIpc) is 2.27. The Labute approximate surface area is 107 Å². The highest BCUT2D eigenvalue weighted by molar-refractivity contribution is 14.1. The van der Waals surface area contributed by atoms with Crippen LogP contribution in [0.4, 0.5) is 14.5 Å². The Hall–Kier alpha value is -1.39. The Kier molecular flexibility index (Phi) is 4.26. The molecule has 0 N–H and O–H groups in total. The number of pyridine rings is 1. The summed E-state index contributed by atoms with van der Waals surface area (Å²) in [5.41, 5.74) is -1.92. The van der Waals surface area contributed by atoms with E-state index < -0.39 is 34.4 Å². The molecule has 0 aliphatic rings. The third kappa shape index (κ3) is 2.84. The van der Waals surface area contributed by atoms with E-state index in [1.54, 1.807) is 0 Å². The second kappa shape index (κ2) is 5.29. The van der Waals surface area contributed by atoms with Crippen LogP contribution >= 0.6 is 22.6 Å². The monoisotopic (exact) mass is 358 g/mol. The quantitative estimate of drug-likeness (QED) is 0.359. The lowest BCUT2D eigenvalue weighted by Crippen LogP contribution is -2.11. The van der Waals surface area contributed by atoms with Gasteiger partial charge in [-0.2, -0.15) is 0 Å². The van der Waals surface area contributed by atoms with Crippen LogP contribution in [0.5, 0.6) is 0 Å². The minimum absolute atomic E-state index is 0.135. The minimum atomic E-state index is -3.01. The molecule has 0 fully saturated rings. The van der Waals surface area contributed by atoms with Crippen molar-refractivity contribution in [1.29, 1.82) is 0 Å². The Morgan fingerprint density at radius 2 is 2.24 bits per heavy atom. The highest BCUT2D eigenvalue weighted by atomic mass is 127. The fraction of sp³-hybridized carbons (Fsp3) is 0.250. The van der Waals surface area contributed by atoms with Gasteiger partial charge in [0.25, 0.3) is 12.1 Å². The molecule has 1 rings (SSSR count). The molecular weight excluding hydrogens is 353 g/mol. The average molecular weight is 358 g/mol. The van der Waals surface area contributed by atoms with E-state index in [0.717, 1.165) is 7.11 Å². The van der Waals surface area contributed by atoms with Gasteiger partial charge in [0.15, 0.2) is 5.69 Å². The van der Waals surface area contributed by atoms with Crippen LogP contribution in [0.15, 0.2) is 6.07 Å². The maximum Gasteiger partial charge on any atom is 0.358 e. The van der Waals surface area contributed by atoms with Crippen molar-refractivity contribution in [1.82, 2.24) is 4.98 Å². The SMILES string of the molecule is COC(=O)c1nc(C(F)F)cc([N+](=O)[O-])c1I. The first-order valence-corrected chi connectivity index (χ1v) is 5.17. The van der Waals surface area contributed by atoms with Crippen LogP contribution in [-0.2, 0) is 4.74 Å². The van der Waals surface area contributed by atoms with E-state index in [-0.39, 0.29) is 3.57 Å². The van der Waals surface area contributed by atoms with Gasteiger partial charge in [-0.1, -0.05) is 0 Å². The molecule has 0 bridgehead atoms. The highest BCUT2D eigenvalue weighted by Crippen LogP contribution is 2.28. The van der Waals surface area contributed by atoms with Crippen molar-refractivity contribution in [2.75, 3.05) is 7.11 Å². The summed E-state index contributed by atoms with van der Waals surface area (Å²) >= 11 is 1.48. The Balaban J connectivity index is 3.48. The molecular formula is C8H5F2IN2O4. The number of alkyl halides is 2. The van der Waals surface area contributed by atoms with Gasteiger partial charge in [0, 0.05) is 6.07 Å². The standard InChI is InChI=1S/C8H5F2IN2O4/c1-17-8(14)6-5(11)4(13(15)16)2-3(12-6)7(9)10/h2,7H,1H3. The van der Waals surface area contributed by atoms with Gasteiger partial charge in [-0.25, -0.2) is 18.6 Å². The molecule has 0 aliphatic carbocycles. The first kappa shape index (κ1) is 13.7. The number of carbonyl (C=O) groups is 1. The van der Waals surface area contributed by atoms with Crippen LogP contribution < -0.4 is 0 Å². The molecule has 0 spiro atoms. The summed E-state index contributed by atoms with van der Waals surface area (Å²) in [5.74, 6) is -1.000. The van der Waals surface area contributed by atoms with Crippen LogP contribution in [0.3, 0.4) is 0 Å². The van der Waals surface area contributed by atoms with E-state index >= 15 is 0 Å². The summed E-state index contributed by atoms with van der Waals surface area (Å²) in [6.45, 7) is 0. The summed E-state index contributed by atoms with van der Waals surface area (Å²) in [6, 6.07) is 0.638. The number of hydrogen-bond acceptors (Lipinski definition) is 5. The number of nitrogens with zero attached hydrogens (tertiary/aromatic N) is 2. The lowest BCUT2D eigenvalue weighted by molar-refractivity contribution is -0.386. The maximum absolute atomic E-state index is 12.4. The molecule has 6 nitrogen and oxygen atoms in total. The largest absolute Gasteiger partial charge is 0.464 e. The van der Waals surface area contributed by atoms with E-state index in [4.69, 9.17) is 0 Å². The Bertz CT molecular complexity index is 481. The number of halogens is 3. The number of aromatic nitrogens is 1. The summed E-state index contributed by atoms with van der Waals surface area (Å²) in [4.78, 5) is 24.4. The number of ether oxygens (including phenoxy) is 1. The molecule has 0 radical (unpaired) electrons. The third-order valence-corrected chi connectivity index (χ3v) is 2.82. The number of hydrogen-bond donors (Lipinski definition) is 0. The van der Waals surface area contributed by atoms with Gasteiger partial charge in [0.05, 0.1) is 12.0 Å². The van der Waals surface area contributed by atoms with Crippen LogP contribution in [-0.4, -0.2) is 23.0 Å². The second-order valence-electron chi connectivity index (χ2n) is 2.78. The van der Waals surface area contributed by atoms with E-state index in [0.29, 0.717) is 6.07 Å². The van der Waals surface area contributed by atoms with Crippen molar-refractivity contribution in [3.8, 4) is 0 Å². The molecule has 1 heterocycles. The van der Waals surface area contributed by atoms with Gasteiger partial charge < -0.3 is 4.74 Å². The Morgan fingerprint density at radius 1 is 1.65 bits per heavy atom. The minimum Gasteiger partial charge on any atom is -0.464 e. The molecule has 0 unspecified atom stereocenters. The first-order valence-electron chi connectivity index (χ1n) is 4.09. The van der Waals surface area contributed by atoms with Crippen molar-refractivity contribution >= 4 is 34.2 Å². The van der Waals surface area contributed by atoms with Gasteiger partial charge in [0.1, 0.15) is 9.26 Å². The van der Waals surface area contributed by atoms with Gasteiger partial charge in [-0.05, 0) is 22.6 Å². The van der Waals surface area contributed by atoms with E-state index in [1.807, 2.05) is 0 Å². The molecule has 0 aromatic carbocycles. The maximum atomic E-state index is 12.4. The highest BCUT2D eigenvalue weighted by Gasteiger charge is 2.26. The number of esters is 1. The Morgan fingerprint density at radius 3 is 2.65 bits per heavy atom. The summed E-state index contributed by atoms with van der Waals surface area (Å²) in [5, 5.41) is 10.6. The molecule has 1 aromatic rings. The van der Waals surface area contributed by atoms with E-state index in [1.165, 1.54) is 22.6 Å². The van der Waals surface area contributed by atoms with Gasteiger partial charge in [-0.15, -0.1) is 0 Å². The van der Waals surface area contributed by atoms with Crippen molar-refractivity contribution in [3.05, 3.63) is 31.1 Å². The van der Waals surface area contributed by atoms with Crippen molar-refractivity contribution in [2.45, 2.75) is 6.43 Å². The number of rotatable bonds is 3. The number of carbonyl (C=O) groups excluding carboxylic acids is 1. The fourth-order valence-corrected chi connectivity index (χ4v) is 1.71. The van der Waals surface area contributed by atoms with Crippen molar-refractivity contribution < 1.29 is 23.2 Å². The van der Waals surface area contributed by atoms with Crippen LogP contribution in [0, 0.1) is 13.7 Å². The molecule has 17 heavy (non-hydrogen) atoms. The molecule has 0 amide bonds. The van der Waals surface area contributed by atoms with Gasteiger partial charge >= 0.3 is 5.97 Å². The molecule has 0 saturated carbocycles. The summed E-state index contributed by atoms with van der Waals surface area (Å²) in [7, 11) is 1.03. The predicted molar refractivity (Wildman–Crippen MR) is 59.9 cm³/mol. The van der Waals surface area contributed by atoms with Gasteiger partial charge in [-0.3, -0.25) is 10.1 Å². The number of nitro groups is 1. The molecule has 0 aliphatic heterocycles. The summed E-state index contributed by atoms with van der Waals surface area (Å²) in [6.07, 6.45) is -3.01. The summed E-state index contributed by atoms with van der Waals surface area (Å²) < 4.78 is 29.1. The lowest BCUT2D eigenvalue weighted by Gasteiger charge is -2.05. The normalized spacial score (nSPS) is 10.4. The van der Waals surface area contributed by atoms with Crippen molar-refractivity contribution in [3.63, 3.8) is 0 Å². The topological polar surface area (TPSA) is 82.3 Å². The molecule has 0 saturated heterocycles. The lowest BCUT2D eigenvalue weighted by atomic mass is 10.2. The zero-order valence-electron chi connectivity index (χ0n) is 8.32. The third-order valence-electron chi connectivity index (χ3n) is 1.76. The van der Waals surface area contributed by atoms with E-state index in [2.05, 4.69) is 9.72 Å². The molecule has 92 valence electrons. The zero-order chi connectivity index (χ0) is 13.2.